The lowest BCUT2D eigenvalue weighted by Crippen LogP contribution is -2.36. The minimum Gasteiger partial charge on any atom is -0.378 e. The normalized spacial score (nSPS) is 15.6. The first-order valence-electron chi connectivity index (χ1n) is 6.52. The van der Waals surface area contributed by atoms with Crippen LogP contribution in [0.15, 0.2) is 24.4 Å². The molecule has 0 amide bonds. The molecule has 1 saturated heterocycles. The summed E-state index contributed by atoms with van der Waals surface area (Å²) in [6, 6.07) is 5.04. The molecule has 3 rings (SSSR count). The van der Waals surface area contributed by atoms with Crippen molar-refractivity contribution in [1.82, 2.24) is 15.0 Å². The summed E-state index contributed by atoms with van der Waals surface area (Å²) in [5.41, 5.74) is 7.38. The Balaban J connectivity index is 1.86. The average molecular weight is 277 g/mol. The molecule has 2 N–H and O–H groups in total. The lowest BCUT2D eigenvalue weighted by atomic mass is 10.2. The third kappa shape index (κ3) is 2.50. The van der Waals surface area contributed by atoms with Crippen LogP contribution in [0.3, 0.4) is 0 Å². The summed E-state index contributed by atoms with van der Waals surface area (Å²) in [6.45, 7) is 2.98. The Morgan fingerprint density at radius 1 is 1.30 bits per heavy atom. The van der Waals surface area contributed by atoms with Crippen LogP contribution in [-0.4, -0.2) is 41.3 Å². The molecule has 1 aromatic carbocycles. The van der Waals surface area contributed by atoms with Crippen LogP contribution in [0.1, 0.15) is 5.69 Å². The smallest absolute Gasteiger partial charge is 0.148 e. The van der Waals surface area contributed by atoms with Crippen LogP contribution in [0.25, 0.3) is 5.69 Å². The number of aromatic nitrogens is 3. The Hall–Kier alpha value is -1.99. The van der Waals surface area contributed by atoms with Gasteiger partial charge < -0.3 is 15.4 Å². The van der Waals surface area contributed by atoms with E-state index in [-0.39, 0.29) is 5.82 Å². The minimum absolute atomic E-state index is 0.269. The van der Waals surface area contributed by atoms with Gasteiger partial charge in [0.05, 0.1) is 36.5 Å². The fourth-order valence-corrected chi connectivity index (χ4v) is 2.22. The fraction of sp³-hybridized carbons (Fsp3) is 0.385. The summed E-state index contributed by atoms with van der Waals surface area (Å²) in [5.74, 6) is -0.269. The molecule has 106 valence electrons. The highest BCUT2D eigenvalue weighted by Crippen LogP contribution is 2.22. The van der Waals surface area contributed by atoms with E-state index in [2.05, 4.69) is 10.3 Å². The SMILES string of the molecule is NCc1cn(-c2ccc(N3CCOCC3)c(F)c2)nn1. The van der Waals surface area contributed by atoms with Gasteiger partial charge in [0.15, 0.2) is 0 Å². The van der Waals surface area contributed by atoms with Gasteiger partial charge in [0.25, 0.3) is 0 Å². The van der Waals surface area contributed by atoms with Crippen molar-refractivity contribution < 1.29 is 9.13 Å². The molecule has 0 spiro atoms. The molecule has 2 aromatic rings. The van der Waals surface area contributed by atoms with E-state index >= 15 is 0 Å². The maximum Gasteiger partial charge on any atom is 0.148 e. The van der Waals surface area contributed by atoms with Crippen LogP contribution in [0.5, 0.6) is 0 Å². The lowest BCUT2D eigenvalue weighted by molar-refractivity contribution is 0.122. The van der Waals surface area contributed by atoms with Crippen LogP contribution in [0.2, 0.25) is 0 Å². The van der Waals surface area contributed by atoms with Gasteiger partial charge in [0, 0.05) is 25.7 Å². The standard InChI is InChI=1S/C13H16FN5O/c14-12-7-11(19-9-10(8-15)16-17-19)1-2-13(12)18-3-5-20-6-4-18/h1-2,7,9H,3-6,8,15H2. The van der Waals surface area contributed by atoms with Crippen molar-refractivity contribution >= 4 is 5.69 Å². The highest BCUT2D eigenvalue weighted by atomic mass is 19.1. The third-order valence-electron chi connectivity index (χ3n) is 3.30. The Bertz CT molecular complexity index is 594. The highest BCUT2D eigenvalue weighted by molar-refractivity contribution is 5.52. The van der Waals surface area contributed by atoms with Gasteiger partial charge in [-0.05, 0) is 12.1 Å². The molecule has 7 heteroatoms. The fourth-order valence-electron chi connectivity index (χ4n) is 2.22. The van der Waals surface area contributed by atoms with Gasteiger partial charge in [-0.15, -0.1) is 5.10 Å². The lowest BCUT2D eigenvalue weighted by Gasteiger charge is -2.29. The van der Waals surface area contributed by atoms with E-state index in [1.54, 1.807) is 12.3 Å². The number of benzene rings is 1. The molecule has 6 nitrogen and oxygen atoms in total. The Kier molecular flexibility index (Phi) is 3.62. The number of halogens is 1. The maximum atomic E-state index is 14.2. The zero-order chi connectivity index (χ0) is 13.9. The Labute approximate surface area is 115 Å². The number of nitrogens with two attached hydrogens (primary N) is 1. The Morgan fingerprint density at radius 3 is 2.75 bits per heavy atom. The minimum atomic E-state index is -0.269. The number of rotatable bonds is 3. The maximum absolute atomic E-state index is 14.2. The molecule has 1 aliphatic heterocycles. The van der Waals surface area contributed by atoms with Crippen molar-refractivity contribution in [3.8, 4) is 5.69 Å². The van der Waals surface area contributed by atoms with Crippen molar-refractivity contribution in [3.05, 3.63) is 35.9 Å². The van der Waals surface area contributed by atoms with E-state index in [4.69, 9.17) is 10.5 Å². The van der Waals surface area contributed by atoms with Gasteiger partial charge >= 0.3 is 0 Å². The molecular weight excluding hydrogens is 261 g/mol. The second kappa shape index (κ2) is 5.56. The van der Waals surface area contributed by atoms with Crippen molar-refractivity contribution in [1.29, 1.82) is 0 Å². The summed E-state index contributed by atoms with van der Waals surface area (Å²) in [4.78, 5) is 1.98. The molecule has 1 aliphatic rings. The predicted molar refractivity (Wildman–Crippen MR) is 72.2 cm³/mol. The first-order valence-corrected chi connectivity index (χ1v) is 6.52. The van der Waals surface area contributed by atoms with Crippen molar-refractivity contribution in [2.24, 2.45) is 5.73 Å². The van der Waals surface area contributed by atoms with Crippen LogP contribution in [0, 0.1) is 5.82 Å². The van der Waals surface area contributed by atoms with Gasteiger partial charge in [-0.3, -0.25) is 0 Å². The molecule has 0 bridgehead atoms. The molecule has 20 heavy (non-hydrogen) atoms. The van der Waals surface area contributed by atoms with Crippen LogP contribution in [-0.2, 0) is 11.3 Å². The zero-order valence-electron chi connectivity index (χ0n) is 11.0. The van der Waals surface area contributed by atoms with Gasteiger partial charge in [-0.2, -0.15) is 0 Å². The molecule has 0 saturated carbocycles. The highest BCUT2D eigenvalue weighted by Gasteiger charge is 2.15. The first-order chi connectivity index (χ1) is 9.78. The van der Waals surface area contributed by atoms with E-state index in [1.807, 2.05) is 11.0 Å². The van der Waals surface area contributed by atoms with E-state index in [0.29, 0.717) is 49.9 Å². The van der Waals surface area contributed by atoms with E-state index in [9.17, 15) is 4.39 Å². The summed E-state index contributed by atoms with van der Waals surface area (Å²) in [5, 5.41) is 7.82. The molecule has 1 aromatic heterocycles. The van der Waals surface area contributed by atoms with Crippen LogP contribution >= 0.6 is 0 Å². The second-order valence-electron chi connectivity index (χ2n) is 4.59. The van der Waals surface area contributed by atoms with E-state index in [0.717, 1.165) is 0 Å². The molecule has 2 heterocycles. The van der Waals surface area contributed by atoms with Crippen LogP contribution < -0.4 is 10.6 Å². The van der Waals surface area contributed by atoms with Gasteiger partial charge in [0.2, 0.25) is 0 Å². The largest absolute Gasteiger partial charge is 0.378 e. The van der Waals surface area contributed by atoms with E-state index < -0.39 is 0 Å². The van der Waals surface area contributed by atoms with Crippen LogP contribution in [0.4, 0.5) is 10.1 Å². The van der Waals surface area contributed by atoms with Gasteiger partial charge in [-0.25, -0.2) is 9.07 Å². The van der Waals surface area contributed by atoms with E-state index in [1.165, 1.54) is 10.7 Å². The van der Waals surface area contributed by atoms with Crippen molar-refractivity contribution in [2.75, 3.05) is 31.2 Å². The number of hydrogen-bond donors (Lipinski definition) is 1. The number of nitrogens with zero attached hydrogens (tertiary/aromatic N) is 4. The third-order valence-corrected chi connectivity index (χ3v) is 3.30. The molecular formula is C13H16FN5O. The summed E-state index contributed by atoms with van der Waals surface area (Å²) >= 11 is 0. The second-order valence-corrected chi connectivity index (χ2v) is 4.59. The van der Waals surface area contributed by atoms with Gasteiger partial charge in [0.1, 0.15) is 5.82 Å². The number of anilines is 1. The van der Waals surface area contributed by atoms with Crippen molar-refractivity contribution in [3.63, 3.8) is 0 Å². The van der Waals surface area contributed by atoms with Crippen molar-refractivity contribution in [2.45, 2.75) is 6.54 Å². The molecule has 0 atom stereocenters. The molecule has 1 fully saturated rings. The number of morpholine rings is 1. The quantitative estimate of drug-likeness (QED) is 0.894. The summed E-state index contributed by atoms with van der Waals surface area (Å²) in [7, 11) is 0. The molecule has 0 radical (unpaired) electrons. The Morgan fingerprint density at radius 2 is 2.10 bits per heavy atom. The van der Waals surface area contributed by atoms with Gasteiger partial charge in [-0.1, -0.05) is 5.21 Å². The predicted octanol–water partition coefficient (Wildman–Crippen LogP) is 0.702. The number of hydrogen-bond acceptors (Lipinski definition) is 5. The topological polar surface area (TPSA) is 69.2 Å². The summed E-state index contributed by atoms with van der Waals surface area (Å²) in [6.07, 6.45) is 1.70. The molecule has 0 unspecified atom stereocenters. The first kappa shape index (κ1) is 13.0. The number of ether oxygens (including phenoxy) is 1. The molecule has 0 aliphatic carbocycles. The average Bonchev–Trinajstić information content (AvgIpc) is 2.97. The summed E-state index contributed by atoms with van der Waals surface area (Å²) < 4.78 is 21.0. The zero-order valence-corrected chi connectivity index (χ0v) is 11.0. The monoisotopic (exact) mass is 277 g/mol.